The van der Waals surface area contributed by atoms with E-state index in [9.17, 15) is 0 Å². The second-order valence-corrected chi connectivity index (χ2v) is 6.30. The summed E-state index contributed by atoms with van der Waals surface area (Å²) in [5.74, 6) is 0. The van der Waals surface area contributed by atoms with Crippen LogP contribution >= 0.6 is 0 Å². The van der Waals surface area contributed by atoms with E-state index in [2.05, 4.69) is 32.9 Å². The van der Waals surface area contributed by atoms with E-state index in [1.807, 2.05) is 12.1 Å². The Morgan fingerprint density at radius 2 is 1.69 bits per heavy atom. The van der Waals surface area contributed by atoms with Gasteiger partial charge in [0, 0.05) is 17.3 Å². The Morgan fingerprint density at radius 3 is 2.12 bits per heavy atom. The summed E-state index contributed by atoms with van der Waals surface area (Å²) in [5.41, 5.74) is 7.96. The molecule has 0 bridgehead atoms. The van der Waals surface area contributed by atoms with E-state index in [4.69, 9.17) is 10.2 Å². The predicted octanol–water partition coefficient (Wildman–Crippen LogP) is 2.40. The van der Waals surface area contributed by atoms with Gasteiger partial charge in [-0.25, -0.2) is 0 Å². The third kappa shape index (κ3) is 2.86. The highest BCUT2D eigenvalue weighted by Crippen LogP contribution is 2.31. The van der Waals surface area contributed by atoms with Crippen LogP contribution < -0.4 is 5.73 Å². The van der Waals surface area contributed by atoms with Gasteiger partial charge in [-0.2, -0.15) is 0 Å². The Bertz CT molecular complexity index is 306. The lowest BCUT2D eigenvalue weighted by molar-refractivity contribution is 0.328. The largest absolute Gasteiger partial charge is 0.423 e. The lowest BCUT2D eigenvalue weighted by Gasteiger charge is -2.31. The van der Waals surface area contributed by atoms with Crippen molar-refractivity contribution < 1.29 is 4.43 Å². The molecule has 0 fully saturated rings. The summed E-state index contributed by atoms with van der Waals surface area (Å²) in [6, 6.07) is 8.31. The fourth-order valence-corrected chi connectivity index (χ4v) is 3.49. The molecule has 0 aliphatic rings. The molecule has 0 unspecified atom stereocenters. The van der Waals surface area contributed by atoms with Crippen LogP contribution in [0.2, 0.25) is 0 Å². The minimum Gasteiger partial charge on any atom is -0.423 e. The third-order valence-corrected chi connectivity index (χ3v) is 6.03. The molecule has 0 heterocycles. The molecule has 90 valence electrons. The van der Waals surface area contributed by atoms with Crippen LogP contribution in [0.5, 0.6) is 0 Å². The molecular formula is C13H23NOSi. The molecule has 1 aromatic rings. The number of hydrogen-bond acceptors (Lipinski definition) is 2. The Balaban J connectivity index is 2.95. The molecule has 0 aliphatic heterocycles. The second kappa shape index (κ2) is 6.06. The van der Waals surface area contributed by atoms with E-state index >= 15 is 0 Å². The van der Waals surface area contributed by atoms with E-state index in [0.717, 1.165) is 25.1 Å². The predicted molar refractivity (Wildman–Crippen MR) is 73.3 cm³/mol. The van der Waals surface area contributed by atoms with Gasteiger partial charge < -0.3 is 10.2 Å². The fourth-order valence-electron chi connectivity index (χ4n) is 2.08. The first-order valence-electron chi connectivity index (χ1n) is 6.12. The van der Waals surface area contributed by atoms with E-state index < -0.39 is 9.76 Å². The molecular weight excluding hydrogens is 214 g/mol. The average Bonchev–Trinajstić information content (AvgIpc) is 2.33. The molecule has 0 atom stereocenters. The molecule has 2 nitrogen and oxygen atoms in total. The van der Waals surface area contributed by atoms with Crippen molar-refractivity contribution in [2.75, 3.05) is 12.3 Å². The van der Waals surface area contributed by atoms with E-state index in [-0.39, 0.29) is 5.04 Å². The first-order valence-corrected chi connectivity index (χ1v) is 7.40. The van der Waals surface area contributed by atoms with E-state index in [0.29, 0.717) is 0 Å². The fraction of sp³-hybridized carbons (Fsp3) is 0.538. The number of benzene rings is 1. The van der Waals surface area contributed by atoms with E-state index in [1.54, 1.807) is 0 Å². The van der Waals surface area contributed by atoms with Crippen molar-refractivity contribution in [3.05, 3.63) is 29.8 Å². The van der Waals surface area contributed by atoms with Crippen molar-refractivity contribution in [1.29, 1.82) is 0 Å². The summed E-state index contributed by atoms with van der Waals surface area (Å²) in [6.07, 6.45) is 2.30. The highest BCUT2D eigenvalue weighted by atomic mass is 28.2. The van der Waals surface area contributed by atoms with Gasteiger partial charge in [-0.1, -0.05) is 26.0 Å². The topological polar surface area (TPSA) is 35.2 Å². The Kier molecular flexibility index (Phi) is 5.02. The third-order valence-electron chi connectivity index (χ3n) is 3.46. The van der Waals surface area contributed by atoms with Gasteiger partial charge in [0.25, 0.3) is 0 Å². The van der Waals surface area contributed by atoms with Crippen molar-refractivity contribution in [3.8, 4) is 0 Å². The summed E-state index contributed by atoms with van der Waals surface area (Å²) in [4.78, 5) is 0. The Hall–Kier alpha value is -0.803. The van der Waals surface area contributed by atoms with Crippen LogP contribution in [-0.2, 0) is 9.46 Å². The lowest BCUT2D eigenvalue weighted by atomic mass is 9.92. The normalized spacial score (nSPS) is 12.4. The lowest BCUT2D eigenvalue weighted by Crippen LogP contribution is -2.33. The van der Waals surface area contributed by atoms with Crippen LogP contribution in [0.1, 0.15) is 39.2 Å². The number of rotatable bonds is 6. The minimum absolute atomic E-state index is 0.281. The van der Waals surface area contributed by atoms with Crippen molar-refractivity contribution in [2.45, 2.75) is 38.7 Å². The molecule has 3 heteroatoms. The number of anilines is 1. The van der Waals surface area contributed by atoms with Crippen molar-refractivity contribution in [2.24, 2.45) is 0 Å². The van der Waals surface area contributed by atoms with Gasteiger partial charge in [-0.05, 0) is 37.5 Å². The summed E-state index contributed by atoms with van der Waals surface area (Å²) in [7, 11) is -0.533. The Morgan fingerprint density at radius 1 is 1.12 bits per heavy atom. The summed E-state index contributed by atoms with van der Waals surface area (Å²) >= 11 is 0. The van der Waals surface area contributed by atoms with Crippen LogP contribution in [0, 0.1) is 0 Å². The van der Waals surface area contributed by atoms with E-state index in [1.165, 1.54) is 5.56 Å². The van der Waals surface area contributed by atoms with Crippen LogP contribution in [-0.4, -0.2) is 16.4 Å². The molecule has 16 heavy (non-hydrogen) atoms. The smallest absolute Gasteiger partial charge is 0.171 e. The van der Waals surface area contributed by atoms with Crippen LogP contribution in [0.4, 0.5) is 5.69 Å². The first-order chi connectivity index (χ1) is 7.68. The molecule has 0 saturated heterocycles. The van der Waals surface area contributed by atoms with Crippen molar-refractivity contribution in [1.82, 2.24) is 0 Å². The second-order valence-electron chi connectivity index (χ2n) is 4.25. The molecule has 0 amide bonds. The number of nitrogens with two attached hydrogens (primary N) is 1. The van der Waals surface area contributed by atoms with Crippen LogP contribution in [0.3, 0.4) is 0 Å². The summed E-state index contributed by atoms with van der Waals surface area (Å²) in [5, 5.41) is 0.281. The molecule has 1 rings (SSSR count). The molecule has 0 aliphatic carbocycles. The van der Waals surface area contributed by atoms with Gasteiger partial charge in [0.2, 0.25) is 0 Å². The minimum atomic E-state index is -0.533. The molecule has 1 aromatic carbocycles. The van der Waals surface area contributed by atoms with Gasteiger partial charge in [0.1, 0.15) is 0 Å². The van der Waals surface area contributed by atoms with Gasteiger partial charge in [0.05, 0.1) is 0 Å². The molecule has 0 spiro atoms. The SMILES string of the molecule is CCO[SiH2]C(CC)(CC)c1ccc(N)cc1. The van der Waals surface area contributed by atoms with Gasteiger partial charge in [-0.3, -0.25) is 0 Å². The molecule has 0 aromatic heterocycles. The van der Waals surface area contributed by atoms with Crippen molar-refractivity contribution in [3.63, 3.8) is 0 Å². The van der Waals surface area contributed by atoms with Crippen LogP contribution in [0.25, 0.3) is 0 Å². The van der Waals surface area contributed by atoms with Gasteiger partial charge >= 0.3 is 0 Å². The monoisotopic (exact) mass is 237 g/mol. The maximum atomic E-state index is 5.77. The summed E-state index contributed by atoms with van der Waals surface area (Å²) < 4.78 is 5.77. The highest BCUT2D eigenvalue weighted by molar-refractivity contribution is 6.32. The number of hydrogen-bond donors (Lipinski definition) is 1. The van der Waals surface area contributed by atoms with Gasteiger partial charge in [-0.15, -0.1) is 0 Å². The zero-order valence-corrected chi connectivity index (χ0v) is 12.0. The number of nitrogen functional groups attached to an aromatic ring is 1. The average molecular weight is 237 g/mol. The van der Waals surface area contributed by atoms with Crippen LogP contribution in [0.15, 0.2) is 24.3 Å². The molecule has 0 radical (unpaired) electrons. The quantitative estimate of drug-likeness (QED) is 0.609. The molecule has 0 saturated carbocycles. The summed E-state index contributed by atoms with van der Waals surface area (Å²) in [6.45, 7) is 7.42. The van der Waals surface area contributed by atoms with Crippen molar-refractivity contribution >= 4 is 15.5 Å². The highest BCUT2D eigenvalue weighted by Gasteiger charge is 2.29. The Labute approximate surface area is 101 Å². The maximum absolute atomic E-state index is 5.77. The first kappa shape index (κ1) is 13.3. The standard InChI is InChI=1S/C13H23NOSi/c1-4-13(5-2,16-15-6-3)11-7-9-12(14)10-8-11/h7-10H,4-6,14,16H2,1-3H3. The zero-order chi connectivity index (χ0) is 12.0. The van der Waals surface area contributed by atoms with Gasteiger partial charge in [0.15, 0.2) is 9.76 Å². The maximum Gasteiger partial charge on any atom is 0.171 e. The molecule has 2 N–H and O–H groups in total. The zero-order valence-electron chi connectivity index (χ0n) is 10.6.